The van der Waals surface area contributed by atoms with Crippen molar-refractivity contribution in [3.05, 3.63) is 0 Å². The van der Waals surface area contributed by atoms with E-state index in [0.717, 1.165) is 0 Å². The largest absolute Gasteiger partial charge is 0.394 e. The van der Waals surface area contributed by atoms with E-state index in [-0.39, 0.29) is 23.9 Å². The summed E-state index contributed by atoms with van der Waals surface area (Å²) in [7, 11) is 0. The van der Waals surface area contributed by atoms with E-state index in [1.54, 1.807) is 13.8 Å². The predicted molar refractivity (Wildman–Crippen MR) is 74.8 cm³/mol. The number of aliphatic hydroxyl groups is 2. The van der Waals surface area contributed by atoms with Crippen LogP contribution in [-0.4, -0.2) is 46.8 Å². The van der Waals surface area contributed by atoms with Crippen LogP contribution >= 0.6 is 0 Å². The van der Waals surface area contributed by atoms with Gasteiger partial charge >= 0.3 is 0 Å². The topological polar surface area (TPSA) is 58.9 Å². The average molecular weight is 264 g/mol. The first-order valence-corrected chi connectivity index (χ1v) is 6.48. The molecule has 18 heavy (non-hydrogen) atoms. The lowest BCUT2D eigenvalue weighted by molar-refractivity contribution is -0.102. The van der Waals surface area contributed by atoms with Gasteiger partial charge < -0.3 is 19.7 Å². The van der Waals surface area contributed by atoms with Crippen LogP contribution in [0.25, 0.3) is 0 Å². The number of ether oxygens (including phenoxy) is 2. The zero-order chi connectivity index (χ0) is 15.0. The zero-order valence-electron chi connectivity index (χ0n) is 13.3. The highest BCUT2D eigenvalue weighted by atomic mass is 16.5. The number of hydrogen-bond donors (Lipinski definition) is 2. The van der Waals surface area contributed by atoms with Crippen LogP contribution in [0.15, 0.2) is 0 Å². The molecule has 0 aromatic rings. The molecular formula is C14H32O4. The number of aliphatic hydroxyl groups excluding tert-OH is 2. The van der Waals surface area contributed by atoms with Crippen molar-refractivity contribution < 1.29 is 19.7 Å². The maximum atomic E-state index is 8.69. The summed E-state index contributed by atoms with van der Waals surface area (Å²) in [4.78, 5) is 0. The van der Waals surface area contributed by atoms with E-state index in [0.29, 0.717) is 6.61 Å². The first-order valence-electron chi connectivity index (χ1n) is 6.48. The van der Waals surface area contributed by atoms with Crippen LogP contribution in [0.4, 0.5) is 0 Å². The van der Waals surface area contributed by atoms with E-state index < -0.39 is 6.10 Å². The summed E-state index contributed by atoms with van der Waals surface area (Å²) >= 11 is 0. The lowest BCUT2D eigenvalue weighted by Gasteiger charge is -2.30. The first-order chi connectivity index (χ1) is 7.87. The quantitative estimate of drug-likeness (QED) is 0.818. The minimum Gasteiger partial charge on any atom is -0.394 e. The molecule has 0 aromatic carbocycles. The maximum absolute atomic E-state index is 8.69. The highest BCUT2D eigenvalue weighted by Crippen LogP contribution is 2.17. The van der Waals surface area contributed by atoms with Crippen molar-refractivity contribution >= 4 is 0 Å². The van der Waals surface area contributed by atoms with Gasteiger partial charge in [-0.3, -0.25) is 0 Å². The van der Waals surface area contributed by atoms with Gasteiger partial charge in [0.2, 0.25) is 0 Å². The van der Waals surface area contributed by atoms with Gasteiger partial charge in [-0.05, 0) is 55.4 Å². The molecule has 0 aliphatic heterocycles. The first kappa shape index (κ1) is 20.2. The van der Waals surface area contributed by atoms with Crippen molar-refractivity contribution in [1.82, 2.24) is 0 Å². The summed E-state index contributed by atoms with van der Waals surface area (Å²) in [6.45, 7) is 16.1. The Morgan fingerprint density at radius 2 is 1.33 bits per heavy atom. The van der Waals surface area contributed by atoms with E-state index >= 15 is 0 Å². The average Bonchev–Trinajstić information content (AvgIpc) is 2.09. The molecule has 112 valence electrons. The molecule has 2 atom stereocenters. The van der Waals surface area contributed by atoms with E-state index in [1.165, 1.54) is 0 Å². The van der Waals surface area contributed by atoms with E-state index in [9.17, 15) is 0 Å². The Labute approximate surface area is 112 Å². The Morgan fingerprint density at radius 3 is 1.50 bits per heavy atom. The Morgan fingerprint density at radius 1 is 0.944 bits per heavy atom. The molecule has 0 spiro atoms. The minimum atomic E-state index is -0.445. The van der Waals surface area contributed by atoms with Crippen LogP contribution < -0.4 is 0 Å². The Balaban J connectivity index is 0. The fraction of sp³-hybridized carbons (Fsp3) is 1.00. The SMILES string of the molecule is CC(C)(C)OC(C)(C)C.CC(O)COC(C)CO. The molecule has 0 heterocycles. The Bertz CT molecular complexity index is 177. The van der Waals surface area contributed by atoms with Crippen LogP contribution in [0.5, 0.6) is 0 Å². The van der Waals surface area contributed by atoms with Crippen molar-refractivity contribution in [3.63, 3.8) is 0 Å². The van der Waals surface area contributed by atoms with Crippen LogP contribution in [0.3, 0.4) is 0 Å². The fourth-order valence-electron chi connectivity index (χ4n) is 1.27. The van der Waals surface area contributed by atoms with Gasteiger partial charge in [0.25, 0.3) is 0 Å². The molecule has 0 aliphatic carbocycles. The molecule has 0 saturated heterocycles. The normalized spacial score (nSPS) is 15.7. The van der Waals surface area contributed by atoms with Gasteiger partial charge in [-0.15, -0.1) is 0 Å². The predicted octanol–water partition coefficient (Wildman–Crippen LogP) is 2.36. The van der Waals surface area contributed by atoms with Gasteiger partial charge in [0.15, 0.2) is 0 Å². The highest BCUT2D eigenvalue weighted by Gasteiger charge is 2.19. The summed E-state index contributed by atoms with van der Waals surface area (Å²) in [6, 6.07) is 0. The molecule has 4 heteroatoms. The second kappa shape index (κ2) is 8.86. The lowest BCUT2D eigenvalue weighted by Crippen LogP contribution is -2.31. The highest BCUT2D eigenvalue weighted by molar-refractivity contribution is 4.68. The molecule has 2 unspecified atom stereocenters. The van der Waals surface area contributed by atoms with E-state index in [4.69, 9.17) is 19.7 Å². The minimum absolute atomic E-state index is 0.00667. The van der Waals surface area contributed by atoms with Crippen LogP contribution in [0, 0.1) is 0 Å². The Kier molecular flexibility index (Phi) is 9.92. The van der Waals surface area contributed by atoms with Gasteiger partial charge in [-0.2, -0.15) is 0 Å². The third kappa shape index (κ3) is 21.2. The molecule has 0 saturated carbocycles. The summed E-state index contributed by atoms with van der Waals surface area (Å²) in [6.07, 6.45) is -0.612. The number of hydrogen-bond acceptors (Lipinski definition) is 4. The molecule has 0 aliphatic rings. The maximum Gasteiger partial charge on any atom is 0.0779 e. The van der Waals surface area contributed by atoms with Crippen molar-refractivity contribution in [2.45, 2.75) is 78.8 Å². The van der Waals surface area contributed by atoms with Crippen molar-refractivity contribution in [1.29, 1.82) is 0 Å². The van der Waals surface area contributed by atoms with Crippen molar-refractivity contribution in [3.8, 4) is 0 Å². The molecule has 0 amide bonds. The van der Waals surface area contributed by atoms with Crippen LogP contribution in [0.1, 0.15) is 55.4 Å². The fourth-order valence-corrected chi connectivity index (χ4v) is 1.27. The smallest absolute Gasteiger partial charge is 0.0779 e. The third-order valence-corrected chi connectivity index (χ3v) is 1.49. The molecule has 4 nitrogen and oxygen atoms in total. The molecule has 0 aromatic heterocycles. The number of rotatable bonds is 4. The summed E-state index contributed by atoms with van der Waals surface area (Å²) in [5.41, 5.74) is -0.0312. The molecule has 0 rings (SSSR count). The van der Waals surface area contributed by atoms with Gasteiger partial charge in [-0.1, -0.05) is 0 Å². The zero-order valence-corrected chi connectivity index (χ0v) is 13.3. The molecular weight excluding hydrogens is 232 g/mol. The second-order valence-electron chi connectivity index (χ2n) is 6.50. The van der Waals surface area contributed by atoms with Gasteiger partial charge in [0.1, 0.15) is 0 Å². The summed E-state index contributed by atoms with van der Waals surface area (Å²) in [5.74, 6) is 0. The summed E-state index contributed by atoms with van der Waals surface area (Å²) in [5, 5.41) is 17.1. The van der Waals surface area contributed by atoms with Gasteiger partial charge in [0.05, 0.1) is 36.6 Å². The molecule has 0 radical (unpaired) electrons. The van der Waals surface area contributed by atoms with Crippen LogP contribution in [0.2, 0.25) is 0 Å². The van der Waals surface area contributed by atoms with Crippen molar-refractivity contribution in [2.75, 3.05) is 13.2 Å². The molecule has 0 fully saturated rings. The standard InChI is InChI=1S/C8H18O.C6H14O3/c1-7(2,3)9-8(4,5)6;1-5(8)4-9-6(2)3-7/h1-6H3;5-8H,3-4H2,1-2H3. The van der Waals surface area contributed by atoms with Crippen LogP contribution in [-0.2, 0) is 9.47 Å². The lowest BCUT2D eigenvalue weighted by atomic mass is 10.1. The van der Waals surface area contributed by atoms with E-state index in [1.807, 2.05) is 0 Å². The third-order valence-electron chi connectivity index (χ3n) is 1.49. The molecule has 2 N–H and O–H groups in total. The second-order valence-corrected chi connectivity index (χ2v) is 6.50. The van der Waals surface area contributed by atoms with Gasteiger partial charge in [-0.25, -0.2) is 0 Å². The van der Waals surface area contributed by atoms with Crippen molar-refractivity contribution in [2.24, 2.45) is 0 Å². The monoisotopic (exact) mass is 264 g/mol. The van der Waals surface area contributed by atoms with E-state index in [2.05, 4.69) is 41.5 Å². The summed E-state index contributed by atoms with van der Waals surface area (Å²) < 4.78 is 10.6. The van der Waals surface area contributed by atoms with Gasteiger partial charge in [0, 0.05) is 0 Å². The Hall–Kier alpha value is -0.160. The molecule has 0 bridgehead atoms.